The van der Waals surface area contributed by atoms with Gasteiger partial charge < -0.3 is 15.8 Å². The molecule has 5 nitrogen and oxygen atoms in total. The van der Waals surface area contributed by atoms with Gasteiger partial charge in [-0.2, -0.15) is 0 Å². The van der Waals surface area contributed by atoms with E-state index in [4.69, 9.17) is 5.73 Å². The number of methoxy groups -OCH3 is 1. The molecule has 100 valence electrons. The lowest BCUT2D eigenvalue weighted by molar-refractivity contribution is -0.146. The fraction of sp³-hybridized carbons (Fsp3) is 0.833. The summed E-state index contributed by atoms with van der Waals surface area (Å²) in [6, 6.07) is -0.832. The Labute approximate surface area is 103 Å². The molecule has 0 aromatic rings. The van der Waals surface area contributed by atoms with E-state index >= 15 is 0 Å². The van der Waals surface area contributed by atoms with Gasteiger partial charge in [0.05, 0.1) is 7.11 Å². The van der Waals surface area contributed by atoms with Crippen LogP contribution in [0.15, 0.2) is 0 Å². The zero-order valence-corrected chi connectivity index (χ0v) is 11.3. The van der Waals surface area contributed by atoms with Crippen LogP contribution >= 0.6 is 0 Å². The fourth-order valence-electron chi connectivity index (χ4n) is 1.37. The van der Waals surface area contributed by atoms with Crippen molar-refractivity contribution in [2.45, 2.75) is 46.2 Å². The molecule has 0 aliphatic heterocycles. The number of nitrogens with one attached hydrogen (secondary N) is 1. The zero-order valence-electron chi connectivity index (χ0n) is 11.3. The summed E-state index contributed by atoms with van der Waals surface area (Å²) >= 11 is 0. The van der Waals surface area contributed by atoms with E-state index in [2.05, 4.69) is 10.1 Å². The maximum atomic E-state index is 11.8. The van der Waals surface area contributed by atoms with Crippen LogP contribution in [-0.2, 0) is 14.3 Å². The van der Waals surface area contributed by atoms with Gasteiger partial charge in [-0.05, 0) is 19.3 Å². The lowest BCUT2D eigenvalue weighted by Gasteiger charge is -2.22. The average molecular weight is 244 g/mol. The van der Waals surface area contributed by atoms with Gasteiger partial charge >= 0.3 is 5.97 Å². The minimum Gasteiger partial charge on any atom is -0.467 e. The van der Waals surface area contributed by atoms with Crippen molar-refractivity contribution in [3.63, 3.8) is 0 Å². The number of rotatable bonds is 6. The molecule has 0 aliphatic rings. The van der Waals surface area contributed by atoms with Gasteiger partial charge in [0, 0.05) is 12.0 Å². The molecule has 2 unspecified atom stereocenters. The second-order valence-electron chi connectivity index (χ2n) is 4.86. The standard InChI is InChI=1S/C12H24N2O3/c1-7(2)6-10(12(16)17-5)14-11(15)8(3)9(4)13/h7-10H,6,13H2,1-5H3,(H,14,15)/t8?,9?,10-/m0/s1. The van der Waals surface area contributed by atoms with Crippen molar-refractivity contribution in [3.8, 4) is 0 Å². The van der Waals surface area contributed by atoms with Crippen molar-refractivity contribution in [1.29, 1.82) is 0 Å². The first-order chi connectivity index (χ1) is 7.79. The molecular weight excluding hydrogens is 220 g/mol. The van der Waals surface area contributed by atoms with Crippen LogP contribution in [0.4, 0.5) is 0 Å². The van der Waals surface area contributed by atoms with Crippen molar-refractivity contribution in [3.05, 3.63) is 0 Å². The lowest BCUT2D eigenvalue weighted by Crippen LogP contribution is -2.47. The van der Waals surface area contributed by atoms with Crippen molar-refractivity contribution in [1.82, 2.24) is 5.32 Å². The molecule has 0 rings (SSSR count). The molecule has 5 heteroatoms. The van der Waals surface area contributed by atoms with Gasteiger partial charge in [-0.15, -0.1) is 0 Å². The lowest BCUT2D eigenvalue weighted by atomic mass is 10.0. The summed E-state index contributed by atoms with van der Waals surface area (Å²) in [5.74, 6) is -0.653. The average Bonchev–Trinajstić information content (AvgIpc) is 2.24. The minimum atomic E-state index is -0.589. The summed E-state index contributed by atoms with van der Waals surface area (Å²) in [6.45, 7) is 7.47. The molecular formula is C12H24N2O3. The van der Waals surface area contributed by atoms with Crippen molar-refractivity contribution < 1.29 is 14.3 Å². The van der Waals surface area contributed by atoms with Crippen LogP contribution in [0, 0.1) is 11.8 Å². The Morgan fingerprint density at radius 3 is 2.12 bits per heavy atom. The van der Waals surface area contributed by atoms with E-state index in [-0.39, 0.29) is 17.9 Å². The van der Waals surface area contributed by atoms with Crippen LogP contribution in [0.3, 0.4) is 0 Å². The van der Waals surface area contributed by atoms with E-state index < -0.39 is 12.0 Å². The first-order valence-electron chi connectivity index (χ1n) is 5.93. The van der Waals surface area contributed by atoms with E-state index in [1.54, 1.807) is 13.8 Å². The van der Waals surface area contributed by atoms with Gasteiger partial charge in [-0.3, -0.25) is 4.79 Å². The quantitative estimate of drug-likeness (QED) is 0.673. The number of carbonyl (C=O) groups excluding carboxylic acids is 2. The molecule has 1 amide bonds. The van der Waals surface area contributed by atoms with Gasteiger partial charge in [0.15, 0.2) is 0 Å². The van der Waals surface area contributed by atoms with E-state index in [1.165, 1.54) is 7.11 Å². The third-order valence-corrected chi connectivity index (χ3v) is 2.71. The highest BCUT2D eigenvalue weighted by atomic mass is 16.5. The largest absolute Gasteiger partial charge is 0.467 e. The first-order valence-corrected chi connectivity index (χ1v) is 5.93. The Bertz CT molecular complexity index is 264. The smallest absolute Gasteiger partial charge is 0.328 e. The van der Waals surface area contributed by atoms with Gasteiger partial charge in [0.1, 0.15) is 6.04 Å². The molecule has 0 saturated carbocycles. The van der Waals surface area contributed by atoms with E-state index in [0.29, 0.717) is 12.3 Å². The van der Waals surface area contributed by atoms with Gasteiger partial charge in [-0.1, -0.05) is 20.8 Å². The number of esters is 1. The Balaban J connectivity index is 4.53. The van der Waals surface area contributed by atoms with Crippen molar-refractivity contribution >= 4 is 11.9 Å². The minimum absolute atomic E-state index is 0.212. The number of hydrogen-bond donors (Lipinski definition) is 2. The molecule has 0 fully saturated rings. The summed E-state index contributed by atoms with van der Waals surface area (Å²) in [6.07, 6.45) is 0.560. The summed E-state index contributed by atoms with van der Waals surface area (Å²) in [5, 5.41) is 2.69. The van der Waals surface area contributed by atoms with Gasteiger partial charge in [0.2, 0.25) is 5.91 Å². The number of hydrogen-bond acceptors (Lipinski definition) is 4. The van der Waals surface area contributed by atoms with Crippen LogP contribution in [0.2, 0.25) is 0 Å². The number of amides is 1. The van der Waals surface area contributed by atoms with Gasteiger partial charge in [-0.25, -0.2) is 4.79 Å². The number of nitrogens with two attached hydrogens (primary N) is 1. The van der Waals surface area contributed by atoms with Crippen molar-refractivity contribution in [2.75, 3.05) is 7.11 Å². The molecule has 3 N–H and O–H groups in total. The molecule has 17 heavy (non-hydrogen) atoms. The molecule has 0 aromatic heterocycles. The van der Waals surface area contributed by atoms with Crippen LogP contribution in [0.5, 0.6) is 0 Å². The molecule has 0 spiro atoms. The van der Waals surface area contributed by atoms with E-state index in [1.807, 2.05) is 13.8 Å². The molecule has 0 saturated heterocycles. The Kier molecular flexibility index (Phi) is 6.80. The molecule has 3 atom stereocenters. The monoisotopic (exact) mass is 244 g/mol. The molecule has 0 aromatic carbocycles. The fourth-order valence-corrected chi connectivity index (χ4v) is 1.37. The van der Waals surface area contributed by atoms with Crippen molar-refractivity contribution in [2.24, 2.45) is 17.6 Å². The Hall–Kier alpha value is -1.10. The second-order valence-corrected chi connectivity index (χ2v) is 4.86. The third-order valence-electron chi connectivity index (χ3n) is 2.71. The Morgan fingerprint density at radius 2 is 1.76 bits per heavy atom. The van der Waals surface area contributed by atoms with Crippen LogP contribution in [0.1, 0.15) is 34.1 Å². The second kappa shape index (κ2) is 7.27. The third kappa shape index (κ3) is 5.68. The molecule has 0 radical (unpaired) electrons. The number of ether oxygens (including phenoxy) is 1. The van der Waals surface area contributed by atoms with Gasteiger partial charge in [0.25, 0.3) is 0 Å². The van der Waals surface area contributed by atoms with Crippen LogP contribution in [0.25, 0.3) is 0 Å². The first kappa shape index (κ1) is 15.9. The highest BCUT2D eigenvalue weighted by molar-refractivity contribution is 5.85. The molecule has 0 heterocycles. The summed E-state index contributed by atoms with van der Waals surface area (Å²) in [4.78, 5) is 23.3. The van der Waals surface area contributed by atoms with Crippen LogP contribution < -0.4 is 11.1 Å². The van der Waals surface area contributed by atoms with E-state index in [0.717, 1.165) is 0 Å². The summed E-state index contributed by atoms with van der Waals surface area (Å²) in [7, 11) is 1.32. The zero-order chi connectivity index (χ0) is 13.6. The summed E-state index contributed by atoms with van der Waals surface area (Å²) in [5.41, 5.74) is 5.65. The SMILES string of the molecule is COC(=O)[C@H](CC(C)C)NC(=O)C(C)C(C)N. The maximum absolute atomic E-state index is 11.8. The summed E-state index contributed by atoms with van der Waals surface area (Å²) < 4.78 is 4.67. The highest BCUT2D eigenvalue weighted by Gasteiger charge is 2.26. The maximum Gasteiger partial charge on any atom is 0.328 e. The topological polar surface area (TPSA) is 81.4 Å². The molecule has 0 aliphatic carbocycles. The Morgan fingerprint density at radius 1 is 1.24 bits per heavy atom. The predicted octanol–water partition coefficient (Wildman–Crippen LogP) is 0.674. The normalized spacial score (nSPS) is 16.2. The molecule has 0 bridgehead atoms. The van der Waals surface area contributed by atoms with Crippen LogP contribution in [-0.4, -0.2) is 31.1 Å². The predicted molar refractivity (Wildman–Crippen MR) is 66.2 cm³/mol. The highest BCUT2D eigenvalue weighted by Crippen LogP contribution is 2.08. The van der Waals surface area contributed by atoms with E-state index in [9.17, 15) is 9.59 Å². The number of carbonyl (C=O) groups is 2.